The van der Waals surface area contributed by atoms with Gasteiger partial charge in [0.15, 0.2) is 12.7 Å². The minimum atomic E-state index is -0.818. The number of aryl methyl sites for hydroxylation is 1. The Kier molecular flexibility index (Phi) is 8.43. The number of benzene rings is 3. The maximum atomic E-state index is 14.0. The van der Waals surface area contributed by atoms with Crippen molar-refractivity contribution in [3.05, 3.63) is 113 Å². The van der Waals surface area contributed by atoms with E-state index in [2.05, 4.69) is 20.8 Å². The molecule has 0 spiro atoms. The van der Waals surface area contributed by atoms with Gasteiger partial charge in [0.05, 0.1) is 0 Å². The van der Waals surface area contributed by atoms with Crippen molar-refractivity contribution in [1.29, 1.82) is 0 Å². The van der Waals surface area contributed by atoms with Crippen LogP contribution in [0.4, 0.5) is 0 Å². The Bertz CT molecular complexity index is 1610. The van der Waals surface area contributed by atoms with Crippen LogP contribution in [0.15, 0.2) is 107 Å². The highest BCUT2D eigenvalue weighted by molar-refractivity contribution is 8.06. The molecule has 6 rings (SSSR count). The third-order valence-corrected chi connectivity index (χ3v) is 9.36. The van der Waals surface area contributed by atoms with Crippen LogP contribution in [0.25, 0.3) is 0 Å². The fraction of sp³-hybridized carbons (Fsp3) is 0.200. The number of aromatic nitrogens is 4. The molecule has 3 heterocycles. The summed E-state index contributed by atoms with van der Waals surface area (Å²) in [5.74, 6) is -0.585. The summed E-state index contributed by atoms with van der Waals surface area (Å²) in [6.45, 7) is -0.244. The maximum Gasteiger partial charge on any atom is 0.356 e. The molecule has 218 valence electrons. The Hall–Kier alpha value is -4.62. The first-order valence-corrected chi connectivity index (χ1v) is 15.2. The average molecular weight is 615 g/mol. The van der Waals surface area contributed by atoms with E-state index in [4.69, 9.17) is 9.47 Å². The monoisotopic (exact) mass is 614 g/mol. The van der Waals surface area contributed by atoms with Gasteiger partial charge in [0.1, 0.15) is 22.9 Å². The van der Waals surface area contributed by atoms with Crippen LogP contribution in [0.2, 0.25) is 0 Å². The summed E-state index contributed by atoms with van der Waals surface area (Å²) in [7, 11) is 1.69. The summed E-state index contributed by atoms with van der Waals surface area (Å²) in [6, 6.07) is 27.0. The lowest BCUT2D eigenvalue weighted by molar-refractivity contribution is -0.154. The number of rotatable bonds is 10. The quantitative estimate of drug-likeness (QED) is 0.210. The molecule has 4 aromatic rings. The number of nitrogens with zero attached hydrogens (tertiary/aromatic N) is 5. The smallest absolute Gasteiger partial charge is 0.356 e. The summed E-state index contributed by atoms with van der Waals surface area (Å²) >= 11 is 2.63. The Morgan fingerprint density at radius 1 is 1.00 bits per heavy atom. The molecule has 2 amide bonds. The zero-order chi connectivity index (χ0) is 29.8. The molecular formula is C30H26N6O5S2. The highest BCUT2D eigenvalue weighted by Crippen LogP contribution is 2.45. The second kappa shape index (κ2) is 12.7. The normalized spacial score (nSPS) is 17.7. The molecule has 2 aliphatic heterocycles. The number of ether oxygens (including phenoxy) is 2. The summed E-state index contributed by atoms with van der Waals surface area (Å²) in [5.41, 5.74) is 1.69. The number of nitrogens with one attached hydrogen (secondary N) is 1. The highest BCUT2D eigenvalue weighted by Gasteiger charge is 2.55. The van der Waals surface area contributed by atoms with Crippen LogP contribution >= 0.6 is 23.5 Å². The molecule has 1 saturated heterocycles. The Morgan fingerprint density at radius 2 is 1.63 bits per heavy atom. The molecule has 11 nitrogen and oxygen atoms in total. The van der Waals surface area contributed by atoms with Gasteiger partial charge in [0, 0.05) is 17.7 Å². The Balaban J connectivity index is 1.25. The van der Waals surface area contributed by atoms with Crippen LogP contribution in [0.1, 0.15) is 17.2 Å². The molecule has 13 heteroatoms. The maximum absolute atomic E-state index is 14.0. The van der Waals surface area contributed by atoms with Crippen molar-refractivity contribution >= 4 is 41.3 Å². The van der Waals surface area contributed by atoms with E-state index in [0.717, 1.165) is 11.1 Å². The number of fused-ring (bicyclic) bond motifs is 1. The van der Waals surface area contributed by atoms with Crippen LogP contribution in [0, 0.1) is 0 Å². The number of β-lactam (4-membered cyclic amide) rings is 1. The fourth-order valence-electron chi connectivity index (χ4n) is 4.70. The Morgan fingerprint density at radius 3 is 2.23 bits per heavy atom. The SMILES string of the molecule is Cn1nnnc1SC1=C(C(=O)OC(c2ccccc2)c2ccccc2)N2C(=O)[C@@H](NC(=O)COc3ccccc3)[C@H]2SC1. The molecule has 0 aliphatic carbocycles. The molecule has 2 aliphatic rings. The largest absolute Gasteiger partial charge is 0.484 e. The number of hydrogen-bond acceptors (Lipinski definition) is 10. The van der Waals surface area contributed by atoms with E-state index in [1.54, 1.807) is 31.3 Å². The molecule has 1 fully saturated rings. The number of thioether (sulfide) groups is 2. The van der Waals surface area contributed by atoms with Crippen molar-refractivity contribution < 1.29 is 23.9 Å². The lowest BCUT2D eigenvalue weighted by atomic mass is 10.0. The number of esters is 1. The predicted molar refractivity (Wildman–Crippen MR) is 159 cm³/mol. The molecule has 1 N–H and O–H groups in total. The van der Waals surface area contributed by atoms with E-state index in [0.29, 0.717) is 21.6 Å². The van der Waals surface area contributed by atoms with Crippen LogP contribution in [-0.2, 0) is 26.2 Å². The van der Waals surface area contributed by atoms with E-state index in [1.807, 2.05) is 66.7 Å². The van der Waals surface area contributed by atoms with Crippen LogP contribution in [0.5, 0.6) is 5.75 Å². The van der Waals surface area contributed by atoms with Gasteiger partial charge < -0.3 is 14.8 Å². The van der Waals surface area contributed by atoms with E-state index in [-0.39, 0.29) is 12.3 Å². The van der Waals surface area contributed by atoms with Crippen molar-refractivity contribution in [1.82, 2.24) is 30.4 Å². The highest BCUT2D eigenvalue weighted by atomic mass is 32.2. The van der Waals surface area contributed by atoms with Gasteiger partial charge in [-0.15, -0.1) is 16.9 Å². The summed E-state index contributed by atoms with van der Waals surface area (Å²) < 4.78 is 13.2. The standard InChI is InChI=1S/C30H26N6O5S2/c1-35-30(32-33-34-35)43-22-18-42-28-24(31-23(37)17-40-21-15-9-4-10-16-21)27(38)36(28)25(22)29(39)41-26(19-11-5-2-6-12-19)20-13-7-3-8-14-20/h2-16,24,26,28H,17-18H2,1H3,(H,31,37)/t24-,28-/m1/s1. The molecule has 0 unspecified atom stereocenters. The van der Waals surface area contributed by atoms with E-state index < -0.39 is 35.3 Å². The van der Waals surface area contributed by atoms with E-state index in [9.17, 15) is 14.4 Å². The molecule has 43 heavy (non-hydrogen) atoms. The molecule has 1 aromatic heterocycles. The van der Waals surface area contributed by atoms with Crippen LogP contribution in [0.3, 0.4) is 0 Å². The number of hydrogen-bond donors (Lipinski definition) is 1. The molecule has 0 bridgehead atoms. The minimum Gasteiger partial charge on any atom is -0.484 e. The summed E-state index contributed by atoms with van der Waals surface area (Å²) in [4.78, 5) is 42.2. The average Bonchev–Trinajstić information content (AvgIpc) is 3.46. The van der Waals surface area contributed by atoms with Gasteiger partial charge in [0.25, 0.3) is 11.8 Å². The predicted octanol–water partition coefficient (Wildman–Crippen LogP) is 3.33. The number of para-hydroxylation sites is 1. The van der Waals surface area contributed by atoms with Gasteiger partial charge in [-0.25, -0.2) is 9.48 Å². The van der Waals surface area contributed by atoms with Gasteiger partial charge in [0.2, 0.25) is 5.16 Å². The lowest BCUT2D eigenvalue weighted by Crippen LogP contribution is -2.70. The van der Waals surface area contributed by atoms with Gasteiger partial charge in [-0.3, -0.25) is 14.5 Å². The van der Waals surface area contributed by atoms with E-state index in [1.165, 1.54) is 33.1 Å². The molecule has 3 aromatic carbocycles. The van der Waals surface area contributed by atoms with Crippen molar-refractivity contribution in [2.24, 2.45) is 7.05 Å². The van der Waals surface area contributed by atoms with Crippen molar-refractivity contribution in [2.45, 2.75) is 22.7 Å². The topological polar surface area (TPSA) is 129 Å². The molecule has 0 saturated carbocycles. The number of carbonyl (C=O) groups excluding carboxylic acids is 3. The second-order valence-corrected chi connectivity index (χ2v) is 11.8. The summed E-state index contributed by atoms with van der Waals surface area (Å²) in [6.07, 6.45) is -0.708. The molecular weight excluding hydrogens is 589 g/mol. The first-order chi connectivity index (χ1) is 21.0. The zero-order valence-electron chi connectivity index (χ0n) is 22.9. The number of amides is 2. The first-order valence-electron chi connectivity index (χ1n) is 13.4. The fourth-order valence-corrected chi connectivity index (χ4v) is 7.08. The molecule has 0 radical (unpaired) electrons. The van der Waals surface area contributed by atoms with E-state index >= 15 is 0 Å². The Labute approximate surface area is 255 Å². The second-order valence-electron chi connectivity index (χ2n) is 9.62. The minimum absolute atomic E-state index is 0.115. The van der Waals surface area contributed by atoms with Gasteiger partial charge in [-0.05, 0) is 45.4 Å². The third-order valence-electron chi connectivity index (χ3n) is 6.78. The zero-order valence-corrected chi connectivity index (χ0v) is 24.5. The van der Waals surface area contributed by atoms with Crippen LogP contribution in [-0.4, -0.2) is 66.7 Å². The van der Waals surface area contributed by atoms with Gasteiger partial charge in [-0.2, -0.15) is 0 Å². The summed E-state index contributed by atoms with van der Waals surface area (Å²) in [5, 5.41) is 14.3. The number of tetrazole rings is 1. The van der Waals surface area contributed by atoms with Crippen LogP contribution < -0.4 is 10.1 Å². The third kappa shape index (κ3) is 6.13. The lowest BCUT2D eigenvalue weighted by Gasteiger charge is -2.49. The van der Waals surface area contributed by atoms with Crippen molar-refractivity contribution in [2.75, 3.05) is 12.4 Å². The van der Waals surface area contributed by atoms with Gasteiger partial charge >= 0.3 is 5.97 Å². The van der Waals surface area contributed by atoms with Crippen molar-refractivity contribution in [3.63, 3.8) is 0 Å². The first kappa shape index (κ1) is 28.5. The van der Waals surface area contributed by atoms with Crippen molar-refractivity contribution in [3.8, 4) is 5.75 Å². The van der Waals surface area contributed by atoms with Gasteiger partial charge in [-0.1, -0.05) is 78.9 Å². The molecule has 2 atom stereocenters. The number of carbonyl (C=O) groups is 3.